The normalized spacial score (nSPS) is 22.0. The average molecular weight is 434 g/mol. The highest BCUT2D eigenvalue weighted by Gasteiger charge is 2.35. The zero-order valence-corrected chi connectivity index (χ0v) is 18.9. The monoisotopic (exact) mass is 433 g/mol. The number of hydrogen-bond acceptors (Lipinski definition) is 4. The lowest BCUT2D eigenvalue weighted by atomic mass is 9.92. The summed E-state index contributed by atoms with van der Waals surface area (Å²) in [5, 5.41) is 4.96. The molecule has 2 aliphatic heterocycles. The summed E-state index contributed by atoms with van der Waals surface area (Å²) >= 11 is 1.45. The Morgan fingerprint density at radius 3 is 2.50 bits per heavy atom. The molecule has 3 amide bonds. The second kappa shape index (κ2) is 11.5. The largest absolute Gasteiger partial charge is 0.356 e. The molecule has 2 saturated heterocycles. The minimum atomic E-state index is -0.154. The maximum atomic E-state index is 13.2. The summed E-state index contributed by atoms with van der Waals surface area (Å²) in [5.74, 6) is -0.0393. The van der Waals surface area contributed by atoms with Gasteiger partial charge < -0.3 is 15.1 Å². The molecule has 0 bridgehead atoms. The Kier molecular flexibility index (Phi) is 8.73. The van der Waals surface area contributed by atoms with Gasteiger partial charge in [-0.2, -0.15) is 0 Å². The number of hydrogen-bond donors (Lipinski definition) is 1. The molecule has 7 heteroatoms. The van der Waals surface area contributed by atoms with Crippen LogP contribution in [0, 0.1) is 11.8 Å². The number of carbonyl (C=O) groups excluding carboxylic acids is 3. The predicted molar refractivity (Wildman–Crippen MR) is 119 cm³/mol. The van der Waals surface area contributed by atoms with E-state index in [2.05, 4.69) is 12.2 Å². The smallest absolute Gasteiger partial charge is 0.263 e. The Hall–Kier alpha value is -1.89. The Labute approximate surface area is 184 Å². The first-order valence-electron chi connectivity index (χ1n) is 11.5. The summed E-state index contributed by atoms with van der Waals surface area (Å²) in [6, 6.07) is 3.72. The molecule has 0 saturated carbocycles. The number of unbranched alkanes of at least 4 members (excludes halogenated alkanes) is 3. The van der Waals surface area contributed by atoms with Crippen molar-refractivity contribution in [1.29, 1.82) is 0 Å². The van der Waals surface area contributed by atoms with Crippen molar-refractivity contribution >= 4 is 29.1 Å². The van der Waals surface area contributed by atoms with Gasteiger partial charge in [0.25, 0.3) is 5.91 Å². The van der Waals surface area contributed by atoms with Gasteiger partial charge in [-0.3, -0.25) is 14.4 Å². The average Bonchev–Trinajstić information content (AvgIpc) is 3.33. The van der Waals surface area contributed by atoms with Crippen LogP contribution in [0.2, 0.25) is 0 Å². The quantitative estimate of drug-likeness (QED) is 0.638. The van der Waals surface area contributed by atoms with E-state index in [1.807, 2.05) is 27.3 Å². The van der Waals surface area contributed by atoms with E-state index in [0.717, 1.165) is 49.9 Å². The summed E-state index contributed by atoms with van der Waals surface area (Å²) in [5.41, 5.74) is 0. The number of piperidine rings is 2. The fourth-order valence-electron chi connectivity index (χ4n) is 4.48. The molecule has 30 heavy (non-hydrogen) atoms. The highest BCUT2D eigenvalue weighted by atomic mass is 32.1. The van der Waals surface area contributed by atoms with E-state index in [0.29, 0.717) is 26.2 Å². The molecule has 2 unspecified atom stereocenters. The third-order valence-corrected chi connectivity index (χ3v) is 7.08. The van der Waals surface area contributed by atoms with Gasteiger partial charge in [0.1, 0.15) is 0 Å². The summed E-state index contributed by atoms with van der Waals surface area (Å²) < 4.78 is 0. The zero-order valence-electron chi connectivity index (χ0n) is 18.1. The van der Waals surface area contributed by atoms with Crippen LogP contribution in [0.15, 0.2) is 17.5 Å². The van der Waals surface area contributed by atoms with Crippen molar-refractivity contribution in [3.05, 3.63) is 22.4 Å². The van der Waals surface area contributed by atoms with E-state index in [4.69, 9.17) is 0 Å². The van der Waals surface area contributed by atoms with Crippen molar-refractivity contribution in [3.8, 4) is 0 Å². The van der Waals surface area contributed by atoms with Crippen LogP contribution < -0.4 is 5.32 Å². The first-order valence-corrected chi connectivity index (χ1v) is 12.4. The van der Waals surface area contributed by atoms with Gasteiger partial charge in [0, 0.05) is 32.7 Å². The van der Waals surface area contributed by atoms with Crippen LogP contribution in [0.25, 0.3) is 0 Å². The second-order valence-corrected chi connectivity index (χ2v) is 9.49. The molecule has 2 fully saturated rings. The Bertz CT molecular complexity index is 707. The minimum Gasteiger partial charge on any atom is -0.356 e. The summed E-state index contributed by atoms with van der Waals surface area (Å²) in [6.07, 6.45) is 7.93. The summed E-state index contributed by atoms with van der Waals surface area (Å²) in [7, 11) is 0. The molecule has 6 nitrogen and oxygen atoms in total. The number of carbonyl (C=O) groups is 3. The van der Waals surface area contributed by atoms with E-state index < -0.39 is 0 Å². The molecule has 2 atom stereocenters. The first kappa shape index (κ1) is 22.8. The third kappa shape index (κ3) is 6.06. The maximum absolute atomic E-state index is 13.2. The minimum absolute atomic E-state index is 0.0291. The number of nitrogens with zero attached hydrogens (tertiary/aromatic N) is 2. The van der Waals surface area contributed by atoms with Gasteiger partial charge in [-0.05, 0) is 43.6 Å². The molecular weight excluding hydrogens is 398 g/mol. The molecule has 0 radical (unpaired) electrons. The third-order valence-electron chi connectivity index (χ3n) is 6.22. The second-order valence-electron chi connectivity index (χ2n) is 8.54. The molecule has 2 aliphatic rings. The summed E-state index contributed by atoms with van der Waals surface area (Å²) in [6.45, 7) is 5.33. The highest BCUT2D eigenvalue weighted by molar-refractivity contribution is 7.12. The molecule has 0 aromatic carbocycles. The zero-order chi connectivity index (χ0) is 21.3. The van der Waals surface area contributed by atoms with E-state index >= 15 is 0 Å². The molecule has 0 spiro atoms. The van der Waals surface area contributed by atoms with Gasteiger partial charge >= 0.3 is 0 Å². The van der Waals surface area contributed by atoms with Crippen LogP contribution in [0.5, 0.6) is 0 Å². The van der Waals surface area contributed by atoms with E-state index in [1.54, 1.807) is 0 Å². The van der Waals surface area contributed by atoms with Gasteiger partial charge in [-0.1, -0.05) is 32.3 Å². The van der Waals surface area contributed by atoms with Gasteiger partial charge in [0.2, 0.25) is 11.8 Å². The van der Waals surface area contributed by atoms with Gasteiger partial charge in [0.15, 0.2) is 0 Å². The van der Waals surface area contributed by atoms with E-state index in [9.17, 15) is 14.4 Å². The van der Waals surface area contributed by atoms with Crippen molar-refractivity contribution in [2.24, 2.45) is 11.8 Å². The fourth-order valence-corrected chi connectivity index (χ4v) is 5.17. The molecule has 0 aliphatic carbocycles. The Balaban J connectivity index is 1.49. The van der Waals surface area contributed by atoms with Crippen LogP contribution in [0.4, 0.5) is 0 Å². The van der Waals surface area contributed by atoms with Crippen LogP contribution in [-0.4, -0.2) is 60.2 Å². The fraction of sp³-hybridized carbons (Fsp3) is 0.696. The van der Waals surface area contributed by atoms with Gasteiger partial charge in [-0.25, -0.2) is 0 Å². The van der Waals surface area contributed by atoms with Crippen molar-refractivity contribution < 1.29 is 14.4 Å². The number of rotatable bonds is 8. The van der Waals surface area contributed by atoms with E-state index in [1.165, 1.54) is 24.2 Å². The lowest BCUT2D eigenvalue weighted by Gasteiger charge is -2.38. The van der Waals surface area contributed by atoms with E-state index in [-0.39, 0.29) is 29.6 Å². The molecule has 1 aromatic heterocycles. The van der Waals surface area contributed by atoms with Crippen molar-refractivity contribution in [3.63, 3.8) is 0 Å². The number of amides is 3. The predicted octanol–water partition coefficient (Wildman–Crippen LogP) is 3.54. The van der Waals surface area contributed by atoms with Crippen LogP contribution >= 0.6 is 11.3 Å². The number of likely N-dealkylation sites (tertiary alicyclic amines) is 2. The SMILES string of the molecule is CCCCCCNC(=O)C1CCCN(C(=O)C2CCCN(C(=O)c3cccs3)C2)C1. The lowest BCUT2D eigenvalue weighted by Crippen LogP contribution is -2.51. The van der Waals surface area contributed by atoms with Gasteiger partial charge in [-0.15, -0.1) is 11.3 Å². The topological polar surface area (TPSA) is 69.7 Å². The lowest BCUT2D eigenvalue weighted by molar-refractivity contribution is -0.140. The van der Waals surface area contributed by atoms with Crippen LogP contribution in [0.1, 0.15) is 68.0 Å². The molecule has 1 aromatic rings. The summed E-state index contributed by atoms with van der Waals surface area (Å²) in [4.78, 5) is 42.8. The first-order chi connectivity index (χ1) is 14.6. The molecule has 3 rings (SSSR count). The van der Waals surface area contributed by atoms with Crippen molar-refractivity contribution in [2.75, 3.05) is 32.7 Å². The van der Waals surface area contributed by atoms with Gasteiger partial charge in [0.05, 0.1) is 16.7 Å². The highest BCUT2D eigenvalue weighted by Crippen LogP contribution is 2.25. The molecule has 3 heterocycles. The standard InChI is InChI=1S/C23H35N3O3S/c1-2-3-4-5-12-24-21(27)18-9-6-13-25(16-18)22(28)19-10-7-14-26(17-19)23(29)20-11-8-15-30-20/h8,11,15,18-19H,2-7,9-10,12-14,16-17H2,1H3,(H,24,27). The van der Waals surface area contributed by atoms with Crippen LogP contribution in [-0.2, 0) is 9.59 Å². The maximum Gasteiger partial charge on any atom is 0.263 e. The van der Waals surface area contributed by atoms with Crippen LogP contribution in [0.3, 0.4) is 0 Å². The van der Waals surface area contributed by atoms with Crippen molar-refractivity contribution in [2.45, 2.75) is 58.3 Å². The molecule has 166 valence electrons. The molecule has 1 N–H and O–H groups in total. The Morgan fingerprint density at radius 2 is 1.77 bits per heavy atom. The number of thiophene rings is 1. The van der Waals surface area contributed by atoms with Crippen molar-refractivity contribution in [1.82, 2.24) is 15.1 Å². The Morgan fingerprint density at radius 1 is 1.03 bits per heavy atom. The number of nitrogens with one attached hydrogen (secondary N) is 1. The molecular formula is C23H35N3O3S.